The predicted octanol–water partition coefficient (Wildman–Crippen LogP) is 4.27. The van der Waals surface area contributed by atoms with Crippen molar-refractivity contribution in [3.05, 3.63) is 34.9 Å². The number of fused-ring (bicyclic) bond motifs is 1. The molecule has 0 aromatic heterocycles. The van der Waals surface area contributed by atoms with E-state index in [2.05, 4.69) is 41.9 Å². The van der Waals surface area contributed by atoms with Gasteiger partial charge in [-0.25, -0.2) is 0 Å². The van der Waals surface area contributed by atoms with E-state index in [1.807, 2.05) is 6.07 Å². The van der Waals surface area contributed by atoms with E-state index in [-0.39, 0.29) is 5.78 Å². The molecule has 16 heavy (non-hydrogen) atoms. The van der Waals surface area contributed by atoms with Gasteiger partial charge in [-0.3, -0.25) is 4.79 Å². The van der Waals surface area contributed by atoms with Crippen LogP contribution < -0.4 is 0 Å². The van der Waals surface area contributed by atoms with Crippen LogP contribution in [-0.2, 0) is 0 Å². The van der Waals surface area contributed by atoms with Gasteiger partial charge in [0.15, 0.2) is 5.78 Å². The summed E-state index contributed by atoms with van der Waals surface area (Å²) in [5.41, 5.74) is 3.66. The van der Waals surface area contributed by atoms with Gasteiger partial charge in [0.2, 0.25) is 0 Å². The Labute approximate surface area is 105 Å². The summed E-state index contributed by atoms with van der Waals surface area (Å²) < 4.78 is 0. The van der Waals surface area contributed by atoms with Crippen LogP contribution >= 0.6 is 15.9 Å². The molecule has 0 spiro atoms. The summed E-state index contributed by atoms with van der Waals surface area (Å²) >= 11 is 3.22. The lowest BCUT2D eigenvalue weighted by Gasteiger charge is -2.27. The van der Waals surface area contributed by atoms with Crippen LogP contribution in [0.15, 0.2) is 18.2 Å². The van der Waals surface area contributed by atoms with Gasteiger partial charge in [-0.2, -0.15) is 0 Å². The number of Topliss-reactive ketones (excluding diaryl/α,β-unsaturated/α-hetero) is 1. The van der Waals surface area contributed by atoms with Crippen molar-refractivity contribution in [2.75, 3.05) is 5.33 Å². The van der Waals surface area contributed by atoms with Crippen LogP contribution in [0, 0.1) is 0 Å². The number of ketones is 1. The van der Waals surface area contributed by atoms with Crippen molar-refractivity contribution in [2.45, 2.75) is 38.5 Å². The third-order valence-corrected chi connectivity index (χ3v) is 4.13. The van der Waals surface area contributed by atoms with Crippen molar-refractivity contribution < 1.29 is 4.79 Å². The standard InChI is InChI=1S/C14H17BrO/c1-9-3-4-10(2)13-7-11(14(16)8-15)5-6-12(9)13/h5-7,9-10H,3-4,8H2,1-2H3/t9-,10-/m0/s1. The Hall–Kier alpha value is -0.630. The van der Waals surface area contributed by atoms with Gasteiger partial charge in [-0.1, -0.05) is 41.9 Å². The minimum absolute atomic E-state index is 0.174. The highest BCUT2D eigenvalue weighted by Gasteiger charge is 2.22. The average molecular weight is 281 g/mol. The number of carbonyl (C=O) groups is 1. The predicted molar refractivity (Wildman–Crippen MR) is 70.6 cm³/mol. The van der Waals surface area contributed by atoms with Gasteiger partial charge in [-0.15, -0.1) is 0 Å². The fourth-order valence-corrected chi connectivity index (χ4v) is 2.84. The second-order valence-electron chi connectivity index (χ2n) is 4.78. The molecule has 2 heteroatoms. The SMILES string of the molecule is C[C@H]1CC[C@H](C)c2cc(C(=O)CBr)ccc21. The number of rotatable bonds is 2. The van der Waals surface area contributed by atoms with E-state index < -0.39 is 0 Å². The number of hydrogen-bond donors (Lipinski definition) is 0. The molecule has 0 unspecified atom stereocenters. The van der Waals surface area contributed by atoms with Gasteiger partial charge in [0, 0.05) is 5.56 Å². The normalized spacial score (nSPS) is 23.9. The van der Waals surface area contributed by atoms with Crippen LogP contribution in [0.4, 0.5) is 0 Å². The van der Waals surface area contributed by atoms with Crippen molar-refractivity contribution >= 4 is 21.7 Å². The molecule has 0 amide bonds. The minimum atomic E-state index is 0.174. The highest BCUT2D eigenvalue weighted by molar-refractivity contribution is 9.09. The minimum Gasteiger partial charge on any atom is -0.293 e. The maximum Gasteiger partial charge on any atom is 0.173 e. The second-order valence-corrected chi connectivity index (χ2v) is 5.34. The summed E-state index contributed by atoms with van der Waals surface area (Å²) in [7, 11) is 0. The number of hydrogen-bond acceptors (Lipinski definition) is 1. The van der Waals surface area contributed by atoms with Crippen molar-refractivity contribution in [3.63, 3.8) is 0 Å². The van der Waals surface area contributed by atoms with Crippen molar-refractivity contribution in [2.24, 2.45) is 0 Å². The summed E-state index contributed by atoms with van der Waals surface area (Å²) in [4.78, 5) is 11.6. The van der Waals surface area contributed by atoms with Gasteiger partial charge in [0.25, 0.3) is 0 Å². The molecule has 0 saturated carbocycles. The van der Waals surface area contributed by atoms with Gasteiger partial charge in [-0.05, 0) is 41.9 Å². The van der Waals surface area contributed by atoms with Gasteiger partial charge >= 0.3 is 0 Å². The maximum absolute atomic E-state index is 11.6. The number of halogens is 1. The van der Waals surface area contributed by atoms with Gasteiger partial charge in [0.1, 0.15) is 0 Å². The first-order valence-corrected chi connectivity index (χ1v) is 6.98. The zero-order chi connectivity index (χ0) is 11.7. The summed E-state index contributed by atoms with van der Waals surface area (Å²) in [6.07, 6.45) is 2.50. The van der Waals surface area contributed by atoms with Gasteiger partial charge < -0.3 is 0 Å². The number of benzene rings is 1. The van der Waals surface area contributed by atoms with Crippen LogP contribution in [0.25, 0.3) is 0 Å². The molecule has 1 aliphatic rings. The summed E-state index contributed by atoms with van der Waals surface area (Å²) in [6.45, 7) is 4.53. The van der Waals surface area contributed by atoms with E-state index in [4.69, 9.17) is 0 Å². The molecule has 1 aromatic rings. The molecule has 0 heterocycles. The highest BCUT2D eigenvalue weighted by Crippen LogP contribution is 2.38. The summed E-state index contributed by atoms with van der Waals surface area (Å²) in [6, 6.07) is 6.21. The fourth-order valence-electron chi connectivity index (χ4n) is 2.51. The van der Waals surface area contributed by atoms with E-state index in [9.17, 15) is 4.79 Å². The molecular formula is C14H17BrO. The Morgan fingerprint density at radius 2 is 1.88 bits per heavy atom. The number of alkyl halides is 1. The summed E-state index contributed by atoms with van der Waals surface area (Å²) in [5, 5.41) is 0.412. The second kappa shape index (κ2) is 4.70. The monoisotopic (exact) mass is 280 g/mol. The molecule has 0 fully saturated rings. The van der Waals surface area contributed by atoms with Crippen LogP contribution in [0.5, 0.6) is 0 Å². The lowest BCUT2D eigenvalue weighted by Crippen LogP contribution is -2.12. The number of carbonyl (C=O) groups excluding carboxylic acids is 1. The first-order valence-electron chi connectivity index (χ1n) is 5.86. The molecule has 86 valence electrons. The third-order valence-electron chi connectivity index (χ3n) is 3.62. The molecular weight excluding hydrogens is 264 g/mol. The fraction of sp³-hybridized carbons (Fsp3) is 0.500. The molecule has 1 aliphatic carbocycles. The average Bonchev–Trinajstić information content (AvgIpc) is 2.32. The molecule has 0 radical (unpaired) electrons. The third kappa shape index (κ3) is 2.08. The highest BCUT2D eigenvalue weighted by atomic mass is 79.9. The van der Waals surface area contributed by atoms with Gasteiger partial charge in [0.05, 0.1) is 5.33 Å². The van der Waals surface area contributed by atoms with Crippen LogP contribution in [0.3, 0.4) is 0 Å². The van der Waals surface area contributed by atoms with Crippen LogP contribution in [0.1, 0.15) is 60.0 Å². The van der Waals surface area contributed by atoms with Crippen LogP contribution in [0.2, 0.25) is 0 Å². The Morgan fingerprint density at radius 3 is 2.50 bits per heavy atom. The van der Waals surface area contributed by atoms with E-state index in [0.29, 0.717) is 17.2 Å². The molecule has 1 aromatic carbocycles. The molecule has 2 rings (SSSR count). The Kier molecular flexibility index (Phi) is 3.48. The van der Waals surface area contributed by atoms with Crippen molar-refractivity contribution in [1.82, 2.24) is 0 Å². The maximum atomic E-state index is 11.6. The zero-order valence-corrected chi connectivity index (χ0v) is 11.4. The smallest absolute Gasteiger partial charge is 0.173 e. The molecule has 2 atom stereocenters. The Bertz CT molecular complexity index is 411. The molecule has 0 aliphatic heterocycles. The molecule has 0 N–H and O–H groups in total. The zero-order valence-electron chi connectivity index (χ0n) is 9.79. The molecule has 0 bridgehead atoms. The quantitative estimate of drug-likeness (QED) is 0.584. The largest absolute Gasteiger partial charge is 0.293 e. The first-order chi connectivity index (χ1) is 7.63. The van der Waals surface area contributed by atoms with E-state index in [1.165, 1.54) is 24.0 Å². The Morgan fingerprint density at radius 1 is 1.25 bits per heavy atom. The lowest BCUT2D eigenvalue weighted by atomic mass is 9.77. The van der Waals surface area contributed by atoms with Crippen LogP contribution in [-0.4, -0.2) is 11.1 Å². The molecule has 0 saturated heterocycles. The lowest BCUT2D eigenvalue weighted by molar-refractivity contribution is 0.102. The van der Waals surface area contributed by atoms with Crippen molar-refractivity contribution in [3.8, 4) is 0 Å². The molecule has 1 nitrogen and oxygen atoms in total. The van der Waals surface area contributed by atoms with E-state index in [0.717, 1.165) is 5.56 Å². The topological polar surface area (TPSA) is 17.1 Å². The van der Waals surface area contributed by atoms with E-state index >= 15 is 0 Å². The first kappa shape index (κ1) is 11.8. The van der Waals surface area contributed by atoms with Crippen molar-refractivity contribution in [1.29, 1.82) is 0 Å². The summed E-state index contributed by atoms with van der Waals surface area (Å²) in [5.74, 6) is 1.40. The van der Waals surface area contributed by atoms with E-state index in [1.54, 1.807) is 0 Å². The Balaban J connectivity index is 2.44.